The molecule has 2 amide bonds. The minimum atomic E-state index is -1.13. The second-order valence-electron chi connectivity index (χ2n) is 5.05. The van der Waals surface area contributed by atoms with Gasteiger partial charge in [0, 0.05) is 22.4 Å². The number of amides is 2. The van der Waals surface area contributed by atoms with Gasteiger partial charge in [-0.1, -0.05) is 31.5 Å². The summed E-state index contributed by atoms with van der Waals surface area (Å²) in [5, 5.41) is 10.2. The van der Waals surface area contributed by atoms with E-state index in [0.717, 1.165) is 11.0 Å². The van der Waals surface area contributed by atoms with E-state index < -0.39 is 23.8 Å². The summed E-state index contributed by atoms with van der Waals surface area (Å²) in [6, 6.07) is 3.60. The van der Waals surface area contributed by atoms with Gasteiger partial charge in [-0.05, 0) is 12.1 Å². The van der Waals surface area contributed by atoms with Crippen LogP contribution in [-0.4, -0.2) is 28.4 Å². The zero-order valence-electron chi connectivity index (χ0n) is 11.1. The fourth-order valence-corrected chi connectivity index (χ4v) is 2.54. The molecule has 6 heteroatoms. The molecule has 3 atom stereocenters. The van der Waals surface area contributed by atoms with Gasteiger partial charge in [0.05, 0.1) is 12.6 Å². The predicted molar refractivity (Wildman–Crippen MR) is 71.4 cm³/mol. The molecule has 1 aliphatic heterocycles. The van der Waals surface area contributed by atoms with Gasteiger partial charge in [0.1, 0.15) is 5.82 Å². The Balaban J connectivity index is 2.18. The largest absolute Gasteiger partial charge is 0.386 e. The molecule has 0 spiro atoms. The van der Waals surface area contributed by atoms with Gasteiger partial charge in [0.15, 0.2) is 0 Å². The Labute approximate surface area is 121 Å². The first kappa shape index (κ1) is 14.9. The molecule has 0 aromatic heterocycles. The van der Waals surface area contributed by atoms with Gasteiger partial charge in [0.2, 0.25) is 11.8 Å². The molecular weight excluding hydrogens is 285 g/mol. The number of hydrogen-bond donors (Lipinski definition) is 1. The molecule has 0 aliphatic carbocycles. The molecule has 1 aliphatic rings. The first-order valence-electron chi connectivity index (χ1n) is 6.31. The van der Waals surface area contributed by atoms with Crippen molar-refractivity contribution in [3.05, 3.63) is 34.6 Å². The number of β-amino-alcohol motifs (C(OH)–C–C–N with tert-alkyl or cyclic N) is 1. The van der Waals surface area contributed by atoms with Crippen LogP contribution in [0.5, 0.6) is 0 Å². The van der Waals surface area contributed by atoms with Crippen LogP contribution in [0.3, 0.4) is 0 Å². The highest BCUT2D eigenvalue weighted by Gasteiger charge is 2.42. The van der Waals surface area contributed by atoms with Gasteiger partial charge in [0.25, 0.3) is 0 Å². The van der Waals surface area contributed by atoms with Gasteiger partial charge in [-0.25, -0.2) is 4.39 Å². The van der Waals surface area contributed by atoms with Crippen molar-refractivity contribution >= 4 is 23.4 Å². The van der Waals surface area contributed by atoms with E-state index in [1.807, 2.05) is 0 Å². The highest BCUT2D eigenvalue weighted by Crippen LogP contribution is 2.29. The number of imide groups is 1. The smallest absolute Gasteiger partial charge is 0.232 e. The van der Waals surface area contributed by atoms with Crippen molar-refractivity contribution in [2.75, 3.05) is 6.54 Å². The Bertz CT molecular complexity index is 543. The van der Waals surface area contributed by atoms with Crippen LogP contribution >= 0.6 is 11.6 Å². The second kappa shape index (κ2) is 5.50. The average Bonchev–Trinajstić information content (AvgIpc) is 2.56. The van der Waals surface area contributed by atoms with Crippen LogP contribution < -0.4 is 0 Å². The minimum Gasteiger partial charge on any atom is -0.386 e. The normalized spacial score (nSPS) is 24.4. The first-order valence-corrected chi connectivity index (χ1v) is 6.69. The number of aliphatic hydroxyl groups is 1. The SMILES string of the molecule is C[C@@H]1C(=O)N(C[C@@H](O)c2ccc(F)cc2Cl)C(=O)[C@H]1C. The molecule has 1 saturated heterocycles. The number of likely N-dealkylation sites (tertiary alicyclic amines) is 1. The van der Waals surface area contributed by atoms with E-state index in [0.29, 0.717) is 5.56 Å². The summed E-state index contributed by atoms with van der Waals surface area (Å²) < 4.78 is 13.0. The Hall–Kier alpha value is -1.46. The molecule has 1 N–H and O–H groups in total. The maximum atomic E-state index is 13.0. The third-order valence-electron chi connectivity index (χ3n) is 3.74. The molecule has 108 valence electrons. The van der Waals surface area contributed by atoms with Crippen LogP contribution in [0.2, 0.25) is 5.02 Å². The summed E-state index contributed by atoms with van der Waals surface area (Å²) in [6.45, 7) is 3.20. The lowest BCUT2D eigenvalue weighted by Gasteiger charge is -2.20. The van der Waals surface area contributed by atoms with Crippen molar-refractivity contribution in [1.29, 1.82) is 0 Å². The van der Waals surface area contributed by atoms with E-state index in [-0.39, 0.29) is 23.4 Å². The number of rotatable bonds is 3. The van der Waals surface area contributed by atoms with Crippen molar-refractivity contribution in [1.82, 2.24) is 4.90 Å². The molecule has 0 unspecified atom stereocenters. The molecule has 0 radical (unpaired) electrons. The number of nitrogens with zero attached hydrogens (tertiary/aromatic N) is 1. The second-order valence-corrected chi connectivity index (χ2v) is 5.45. The maximum absolute atomic E-state index is 13.0. The first-order chi connectivity index (χ1) is 9.32. The monoisotopic (exact) mass is 299 g/mol. The van der Waals surface area contributed by atoms with Crippen LogP contribution in [0.15, 0.2) is 18.2 Å². The molecule has 0 bridgehead atoms. The van der Waals surface area contributed by atoms with Crippen LogP contribution in [0.25, 0.3) is 0 Å². The average molecular weight is 300 g/mol. The van der Waals surface area contributed by atoms with Gasteiger partial charge in [-0.3, -0.25) is 14.5 Å². The van der Waals surface area contributed by atoms with Gasteiger partial charge >= 0.3 is 0 Å². The fourth-order valence-electron chi connectivity index (χ4n) is 2.25. The van der Waals surface area contributed by atoms with Crippen molar-refractivity contribution in [2.24, 2.45) is 11.8 Å². The molecule has 2 rings (SSSR count). The van der Waals surface area contributed by atoms with Crippen LogP contribution in [0, 0.1) is 17.7 Å². The Kier molecular flexibility index (Phi) is 4.11. The summed E-state index contributed by atoms with van der Waals surface area (Å²) in [7, 11) is 0. The Morgan fingerprint density at radius 2 is 1.85 bits per heavy atom. The quantitative estimate of drug-likeness (QED) is 0.870. The highest BCUT2D eigenvalue weighted by molar-refractivity contribution is 6.31. The summed E-state index contributed by atoms with van der Waals surface area (Å²) in [6.07, 6.45) is -1.13. The summed E-state index contributed by atoms with van der Waals surface area (Å²) in [5.41, 5.74) is 0.292. The molecule has 1 aromatic rings. The topological polar surface area (TPSA) is 57.6 Å². The molecule has 1 aromatic carbocycles. The standard InChI is InChI=1S/C14H15ClFNO3/c1-7-8(2)14(20)17(13(7)19)6-12(18)10-4-3-9(16)5-11(10)15/h3-5,7-8,12,18H,6H2,1-2H3/t7-,8-,12+/m0/s1. The van der Waals surface area contributed by atoms with Gasteiger partial charge in [-0.15, -0.1) is 0 Å². The number of carbonyl (C=O) groups is 2. The number of aliphatic hydroxyl groups excluding tert-OH is 1. The predicted octanol–water partition coefficient (Wildman–Crippen LogP) is 2.15. The zero-order valence-corrected chi connectivity index (χ0v) is 11.9. The van der Waals surface area contributed by atoms with Gasteiger partial charge in [-0.2, -0.15) is 0 Å². The fraction of sp³-hybridized carbons (Fsp3) is 0.429. The van der Waals surface area contributed by atoms with E-state index in [4.69, 9.17) is 11.6 Å². The Morgan fingerprint density at radius 1 is 1.30 bits per heavy atom. The van der Waals surface area contributed by atoms with E-state index >= 15 is 0 Å². The lowest BCUT2D eigenvalue weighted by atomic mass is 10.00. The minimum absolute atomic E-state index is 0.0673. The zero-order chi connectivity index (χ0) is 15.0. The van der Waals surface area contributed by atoms with Crippen molar-refractivity contribution < 1.29 is 19.1 Å². The van der Waals surface area contributed by atoms with E-state index in [1.54, 1.807) is 13.8 Å². The molecule has 1 heterocycles. The molecule has 4 nitrogen and oxygen atoms in total. The lowest BCUT2D eigenvalue weighted by Crippen LogP contribution is -2.34. The van der Waals surface area contributed by atoms with E-state index in [9.17, 15) is 19.1 Å². The van der Waals surface area contributed by atoms with Crippen LogP contribution in [-0.2, 0) is 9.59 Å². The molecule has 20 heavy (non-hydrogen) atoms. The van der Waals surface area contributed by atoms with Gasteiger partial charge < -0.3 is 5.11 Å². The number of hydrogen-bond acceptors (Lipinski definition) is 3. The molecule has 0 saturated carbocycles. The highest BCUT2D eigenvalue weighted by atomic mass is 35.5. The van der Waals surface area contributed by atoms with Crippen LogP contribution in [0.1, 0.15) is 25.5 Å². The molecular formula is C14H15ClFNO3. The van der Waals surface area contributed by atoms with Crippen LogP contribution in [0.4, 0.5) is 4.39 Å². The van der Waals surface area contributed by atoms with E-state index in [2.05, 4.69) is 0 Å². The lowest BCUT2D eigenvalue weighted by molar-refractivity contribution is -0.141. The van der Waals surface area contributed by atoms with Crippen molar-refractivity contribution in [2.45, 2.75) is 20.0 Å². The summed E-state index contributed by atoms with van der Waals surface area (Å²) in [4.78, 5) is 24.9. The third-order valence-corrected chi connectivity index (χ3v) is 4.07. The van der Waals surface area contributed by atoms with Crippen molar-refractivity contribution in [3.63, 3.8) is 0 Å². The third kappa shape index (κ3) is 2.55. The summed E-state index contributed by atoms with van der Waals surface area (Å²) >= 11 is 5.85. The maximum Gasteiger partial charge on any atom is 0.232 e. The summed E-state index contributed by atoms with van der Waals surface area (Å²) in [5.74, 6) is -1.90. The Morgan fingerprint density at radius 3 is 2.35 bits per heavy atom. The number of carbonyl (C=O) groups excluding carboxylic acids is 2. The number of halogens is 2. The number of benzene rings is 1. The molecule has 1 fully saturated rings. The van der Waals surface area contributed by atoms with Crippen molar-refractivity contribution in [3.8, 4) is 0 Å². The van der Waals surface area contributed by atoms with E-state index in [1.165, 1.54) is 12.1 Å².